The van der Waals surface area contributed by atoms with Crippen LogP contribution < -0.4 is 5.32 Å². The van der Waals surface area contributed by atoms with Crippen LogP contribution in [0.2, 0.25) is 0 Å². The fourth-order valence-corrected chi connectivity index (χ4v) is 3.19. The number of aliphatic imine (C=N–C) groups is 1. The molecule has 1 atom stereocenters. The summed E-state index contributed by atoms with van der Waals surface area (Å²) in [5.41, 5.74) is 4.12. The zero-order valence-electron chi connectivity index (χ0n) is 15.7. The van der Waals surface area contributed by atoms with E-state index in [0.717, 1.165) is 22.2 Å². The number of nitrogens with zero attached hydrogens (tertiary/aromatic N) is 4. The molecule has 1 unspecified atom stereocenters. The number of hydrogen-bond donors (Lipinski definition) is 2. The molecule has 2 N–H and O–H groups in total. The van der Waals surface area contributed by atoms with Crippen LogP contribution in [0.4, 0.5) is 0 Å². The molecule has 0 aliphatic carbocycles. The summed E-state index contributed by atoms with van der Waals surface area (Å²) < 4.78 is 1.94. The van der Waals surface area contributed by atoms with Gasteiger partial charge in [-0.15, -0.1) is 0 Å². The summed E-state index contributed by atoms with van der Waals surface area (Å²) in [6, 6.07) is 14.9. The average Bonchev–Trinajstić information content (AvgIpc) is 3.21. The first-order valence-electron chi connectivity index (χ1n) is 8.98. The van der Waals surface area contributed by atoms with E-state index < -0.39 is 6.04 Å². The van der Waals surface area contributed by atoms with Gasteiger partial charge in [-0.1, -0.05) is 36.4 Å². The highest BCUT2D eigenvalue weighted by molar-refractivity contribution is 6.15. The minimum Gasteiger partial charge on any atom is -0.394 e. The van der Waals surface area contributed by atoms with Gasteiger partial charge in [-0.2, -0.15) is 0 Å². The van der Waals surface area contributed by atoms with Crippen molar-refractivity contribution >= 4 is 29.0 Å². The molecule has 1 amide bonds. The highest BCUT2D eigenvalue weighted by Gasteiger charge is 2.29. The van der Waals surface area contributed by atoms with Gasteiger partial charge < -0.3 is 15.0 Å². The quantitative estimate of drug-likeness (QED) is 0.684. The predicted molar refractivity (Wildman–Crippen MR) is 108 cm³/mol. The molecule has 28 heavy (non-hydrogen) atoms. The molecule has 0 spiro atoms. The highest BCUT2D eigenvalue weighted by Crippen LogP contribution is 2.21. The fourth-order valence-electron chi connectivity index (χ4n) is 3.19. The topological polar surface area (TPSA) is 82.8 Å². The van der Waals surface area contributed by atoms with Crippen molar-refractivity contribution in [1.82, 2.24) is 19.8 Å². The second-order valence-corrected chi connectivity index (χ2v) is 6.71. The molecule has 7 nitrogen and oxygen atoms in total. The minimum absolute atomic E-state index is 0.145. The van der Waals surface area contributed by atoms with Crippen LogP contribution in [-0.2, 0) is 11.8 Å². The molecule has 142 valence electrons. The summed E-state index contributed by atoms with van der Waals surface area (Å²) in [4.78, 5) is 23.0. The fraction of sp³-hybridized carbons (Fsp3) is 0.190. The second-order valence-electron chi connectivity index (χ2n) is 6.71. The Hall–Kier alpha value is -3.45. The number of fused-ring (bicyclic) bond motifs is 1. The average molecular weight is 375 g/mol. The lowest BCUT2D eigenvalue weighted by molar-refractivity contribution is -0.121. The summed E-state index contributed by atoms with van der Waals surface area (Å²) >= 11 is 0. The number of aryl methyl sites for hydroxylation is 1. The van der Waals surface area contributed by atoms with Crippen molar-refractivity contribution in [2.75, 3.05) is 13.7 Å². The molecule has 0 radical (unpaired) electrons. The Morgan fingerprint density at radius 1 is 1.21 bits per heavy atom. The maximum Gasteiger partial charge on any atom is 0.276 e. The van der Waals surface area contributed by atoms with Crippen molar-refractivity contribution in [2.24, 2.45) is 12.0 Å². The number of carbonyl (C=O) groups excluding carboxylic acids is 1. The number of aliphatic hydroxyl groups excluding tert-OH is 1. The van der Waals surface area contributed by atoms with Gasteiger partial charge >= 0.3 is 0 Å². The van der Waals surface area contributed by atoms with Gasteiger partial charge in [0, 0.05) is 14.1 Å². The molecule has 4 rings (SSSR count). The Bertz CT molecular complexity index is 1080. The molecule has 7 heteroatoms. The summed E-state index contributed by atoms with van der Waals surface area (Å²) in [5, 5.41) is 12.8. The maximum atomic E-state index is 12.6. The SMILES string of the molecule is CN1C(=O)/C(=C/c2ccc3ncn(C)c3c2)NC1=NC(CO)c1ccccc1. The molecule has 1 aliphatic rings. The van der Waals surface area contributed by atoms with Crippen LogP contribution in [0.15, 0.2) is 65.5 Å². The number of aromatic nitrogens is 2. The Kier molecular flexibility index (Phi) is 4.67. The molecule has 0 bridgehead atoms. The zero-order valence-corrected chi connectivity index (χ0v) is 15.7. The summed E-state index contributed by atoms with van der Waals surface area (Å²) in [6.45, 7) is -0.145. The molecule has 1 aromatic heterocycles. The maximum absolute atomic E-state index is 12.6. The van der Waals surface area contributed by atoms with Gasteiger partial charge in [-0.05, 0) is 29.3 Å². The molecular weight excluding hydrogens is 354 g/mol. The summed E-state index contributed by atoms with van der Waals surface area (Å²) in [5.74, 6) is 0.245. The van der Waals surface area contributed by atoms with Gasteiger partial charge in [0.1, 0.15) is 11.7 Å². The lowest BCUT2D eigenvalue weighted by Crippen LogP contribution is -2.29. The van der Waals surface area contributed by atoms with Gasteiger partial charge in [-0.3, -0.25) is 9.69 Å². The standard InChI is InChI=1S/C21H21N5O2/c1-25-13-22-16-9-8-14(11-19(16)25)10-17-20(28)26(2)21(23-17)24-18(12-27)15-6-4-3-5-7-15/h3-11,13,18,27H,12H2,1-2H3,(H,23,24)/b17-10-. The summed E-state index contributed by atoms with van der Waals surface area (Å²) in [7, 11) is 3.60. The van der Waals surface area contributed by atoms with E-state index in [1.54, 1.807) is 19.5 Å². The molecule has 3 aromatic rings. The third kappa shape index (κ3) is 3.27. The lowest BCUT2D eigenvalue weighted by atomic mass is 10.1. The Labute approximate surface area is 162 Å². The largest absolute Gasteiger partial charge is 0.394 e. The molecule has 1 aliphatic heterocycles. The highest BCUT2D eigenvalue weighted by atomic mass is 16.3. The number of nitrogens with one attached hydrogen (secondary N) is 1. The van der Waals surface area contributed by atoms with Crippen molar-refractivity contribution in [2.45, 2.75) is 6.04 Å². The van der Waals surface area contributed by atoms with Crippen LogP contribution in [0.5, 0.6) is 0 Å². The number of aliphatic hydroxyl groups is 1. The number of guanidine groups is 1. The van der Waals surface area contributed by atoms with Crippen molar-refractivity contribution in [3.05, 3.63) is 71.7 Å². The summed E-state index contributed by atoms with van der Waals surface area (Å²) in [6.07, 6.45) is 3.56. The molecule has 1 fully saturated rings. The Morgan fingerprint density at radius 2 is 2.00 bits per heavy atom. The van der Waals surface area contributed by atoms with E-state index in [1.807, 2.05) is 60.1 Å². The lowest BCUT2D eigenvalue weighted by Gasteiger charge is -2.13. The molecule has 1 saturated heterocycles. The zero-order chi connectivity index (χ0) is 19.7. The first-order valence-corrected chi connectivity index (χ1v) is 8.98. The van der Waals surface area contributed by atoms with E-state index in [-0.39, 0.29) is 12.5 Å². The third-order valence-corrected chi connectivity index (χ3v) is 4.80. The predicted octanol–water partition coefficient (Wildman–Crippen LogP) is 2.07. The number of imidazole rings is 1. The van der Waals surface area contributed by atoms with Gasteiger partial charge in [0.25, 0.3) is 5.91 Å². The van der Waals surface area contributed by atoms with E-state index in [2.05, 4.69) is 15.3 Å². The van der Waals surface area contributed by atoms with Crippen LogP contribution in [0.1, 0.15) is 17.2 Å². The van der Waals surface area contributed by atoms with E-state index in [1.165, 1.54) is 4.90 Å². The number of likely N-dealkylation sites (N-methyl/N-ethyl adjacent to an activating group) is 1. The smallest absolute Gasteiger partial charge is 0.276 e. The van der Waals surface area contributed by atoms with Crippen molar-refractivity contribution in [3.63, 3.8) is 0 Å². The number of benzene rings is 2. The van der Waals surface area contributed by atoms with Crippen molar-refractivity contribution < 1.29 is 9.90 Å². The Balaban J connectivity index is 1.64. The monoisotopic (exact) mass is 375 g/mol. The van der Waals surface area contributed by atoms with E-state index in [0.29, 0.717) is 11.7 Å². The van der Waals surface area contributed by atoms with E-state index in [9.17, 15) is 9.90 Å². The van der Waals surface area contributed by atoms with Crippen LogP contribution in [-0.4, -0.2) is 45.1 Å². The van der Waals surface area contributed by atoms with Crippen LogP contribution in [0.25, 0.3) is 17.1 Å². The normalized spacial score (nSPS) is 18.2. The molecule has 2 heterocycles. The van der Waals surface area contributed by atoms with Crippen LogP contribution in [0, 0.1) is 0 Å². The van der Waals surface area contributed by atoms with Crippen LogP contribution >= 0.6 is 0 Å². The molecule has 2 aromatic carbocycles. The molecular formula is C21H21N5O2. The van der Waals surface area contributed by atoms with Gasteiger partial charge in [-0.25, -0.2) is 9.98 Å². The number of rotatable bonds is 4. The molecule has 0 saturated carbocycles. The Morgan fingerprint density at radius 3 is 2.75 bits per heavy atom. The minimum atomic E-state index is -0.441. The van der Waals surface area contributed by atoms with Gasteiger partial charge in [0.15, 0.2) is 0 Å². The first kappa shape index (κ1) is 17.9. The van der Waals surface area contributed by atoms with Crippen molar-refractivity contribution in [1.29, 1.82) is 0 Å². The first-order chi connectivity index (χ1) is 13.6. The number of carbonyl (C=O) groups is 1. The van der Waals surface area contributed by atoms with Crippen LogP contribution in [0.3, 0.4) is 0 Å². The van der Waals surface area contributed by atoms with E-state index in [4.69, 9.17) is 0 Å². The number of hydrogen-bond acceptors (Lipinski definition) is 4. The van der Waals surface area contributed by atoms with Crippen molar-refractivity contribution in [3.8, 4) is 0 Å². The number of amides is 1. The second kappa shape index (κ2) is 7.28. The van der Waals surface area contributed by atoms with Gasteiger partial charge in [0.05, 0.1) is 24.0 Å². The van der Waals surface area contributed by atoms with Gasteiger partial charge in [0.2, 0.25) is 5.96 Å². The third-order valence-electron chi connectivity index (χ3n) is 4.80. The van der Waals surface area contributed by atoms with E-state index >= 15 is 0 Å².